The first-order chi connectivity index (χ1) is 23.3. The van der Waals surface area contributed by atoms with Crippen molar-refractivity contribution in [2.75, 3.05) is 31.5 Å². The number of fused-ring (bicyclic) bond motifs is 1. The summed E-state index contributed by atoms with van der Waals surface area (Å²) < 4.78 is 48.4. The van der Waals surface area contributed by atoms with Crippen LogP contribution in [-0.2, 0) is 26.1 Å². The number of carbonyl (C=O) groups excluding carboxylic acids is 2. The van der Waals surface area contributed by atoms with Gasteiger partial charge >= 0.3 is 5.97 Å². The van der Waals surface area contributed by atoms with Crippen LogP contribution in [0.25, 0.3) is 11.0 Å². The van der Waals surface area contributed by atoms with Crippen LogP contribution in [0.1, 0.15) is 65.9 Å². The molecule has 2 aromatic carbocycles. The number of hydrogen-bond donors (Lipinski definition) is 1. The molecule has 1 amide bonds. The molecule has 0 bridgehead atoms. The van der Waals surface area contributed by atoms with Crippen molar-refractivity contribution in [1.82, 2.24) is 19.6 Å². The number of carbonyl (C=O) groups is 2. The van der Waals surface area contributed by atoms with Crippen molar-refractivity contribution >= 4 is 38.8 Å². The van der Waals surface area contributed by atoms with Crippen LogP contribution in [0.5, 0.6) is 6.01 Å². The number of ether oxygens (including phenoxy) is 2. The number of aryl methyl sites for hydroxylation is 1. The first-order valence-electron chi connectivity index (χ1n) is 16.2. The van der Waals surface area contributed by atoms with Gasteiger partial charge in [0.05, 0.1) is 42.6 Å². The van der Waals surface area contributed by atoms with Crippen LogP contribution in [0.3, 0.4) is 0 Å². The number of aromatic nitrogens is 3. The molecule has 2 unspecified atom stereocenters. The van der Waals surface area contributed by atoms with Gasteiger partial charge in [0.15, 0.2) is 0 Å². The molecule has 3 heterocycles. The molecule has 1 N–H and O–H groups in total. The molecule has 13 heteroatoms. The summed E-state index contributed by atoms with van der Waals surface area (Å²) >= 11 is 0. The van der Waals surface area contributed by atoms with Gasteiger partial charge < -0.3 is 18.9 Å². The summed E-state index contributed by atoms with van der Waals surface area (Å²) in [5, 5.41) is 3.94. The number of imidazole rings is 1. The molecular weight excluding hydrogens is 646 g/mol. The summed E-state index contributed by atoms with van der Waals surface area (Å²) in [6.07, 6.45) is 7.70. The molecule has 4 aromatic rings. The summed E-state index contributed by atoms with van der Waals surface area (Å²) in [5.41, 5.74) is 3.74. The van der Waals surface area contributed by atoms with E-state index in [1.54, 1.807) is 43.0 Å². The third-order valence-corrected chi connectivity index (χ3v) is 11.6. The topological polar surface area (TPSA) is 146 Å². The van der Waals surface area contributed by atoms with E-state index >= 15 is 0 Å². The highest BCUT2D eigenvalue weighted by Crippen LogP contribution is 2.44. The summed E-state index contributed by atoms with van der Waals surface area (Å²) in [7, 11) is -2.91. The fourth-order valence-corrected chi connectivity index (χ4v) is 8.37. The zero-order valence-electron chi connectivity index (χ0n) is 28.5. The van der Waals surface area contributed by atoms with Crippen LogP contribution in [-0.4, -0.2) is 71.5 Å². The third kappa shape index (κ3) is 6.00. The number of anilines is 1. The Bertz CT molecular complexity index is 2080. The number of hydrogen-bond acceptors (Lipinski definition) is 9. The molecule has 1 aliphatic carbocycles. The number of nitrogens with zero attached hydrogens (tertiary/aromatic N) is 4. The van der Waals surface area contributed by atoms with Gasteiger partial charge in [0.25, 0.3) is 6.01 Å². The van der Waals surface area contributed by atoms with Crippen molar-refractivity contribution < 1.29 is 32.0 Å². The summed E-state index contributed by atoms with van der Waals surface area (Å²) in [5.74, 6) is -1.19. The van der Waals surface area contributed by atoms with E-state index in [-0.39, 0.29) is 18.3 Å². The van der Waals surface area contributed by atoms with Crippen molar-refractivity contribution in [3.63, 3.8) is 0 Å². The zero-order chi connectivity index (χ0) is 35.1. The number of benzene rings is 2. The van der Waals surface area contributed by atoms with Gasteiger partial charge in [0.1, 0.15) is 4.75 Å². The maximum atomic E-state index is 14.6. The van der Waals surface area contributed by atoms with Crippen LogP contribution < -0.4 is 9.46 Å². The number of allylic oxidation sites excluding steroid dienone is 3. The Kier molecular flexibility index (Phi) is 8.91. The van der Waals surface area contributed by atoms with E-state index in [0.29, 0.717) is 60.0 Å². The van der Waals surface area contributed by atoms with E-state index in [4.69, 9.17) is 14.0 Å². The van der Waals surface area contributed by atoms with Gasteiger partial charge in [-0.2, -0.15) is 4.98 Å². The maximum absolute atomic E-state index is 14.6. The molecule has 258 valence electrons. The number of likely N-dealkylation sites (tertiary alicyclic amines) is 1. The number of rotatable bonds is 11. The van der Waals surface area contributed by atoms with Gasteiger partial charge in [-0.1, -0.05) is 73.6 Å². The highest BCUT2D eigenvalue weighted by Gasteiger charge is 2.53. The molecule has 1 aliphatic heterocycles. The Hall–Kier alpha value is -4.91. The number of amides is 1. The molecule has 6 rings (SSSR count). The van der Waals surface area contributed by atoms with Crippen molar-refractivity contribution in [2.24, 2.45) is 5.41 Å². The normalized spacial score (nSPS) is 20.2. The van der Waals surface area contributed by atoms with Gasteiger partial charge in [-0.3, -0.25) is 9.36 Å². The van der Waals surface area contributed by atoms with Crippen LogP contribution >= 0.6 is 0 Å². The SMILES string of the molecule is CCOc1nc2cccc(C(=O)OC)c2n1Cc1ccc(C2C=CC=CC2(CN2CCC(C)(C)C2=O)S(=O)(=O)Nc2onc(C)c2C)cc1. The Labute approximate surface area is 285 Å². The lowest BCUT2D eigenvalue weighted by Gasteiger charge is -2.40. The molecule has 2 aromatic heterocycles. The van der Waals surface area contributed by atoms with Crippen LogP contribution in [0, 0.1) is 19.3 Å². The minimum Gasteiger partial charge on any atom is -0.465 e. The second-order valence-electron chi connectivity index (χ2n) is 13.2. The van der Waals surface area contributed by atoms with E-state index in [0.717, 1.165) is 11.1 Å². The number of sulfonamides is 1. The average molecular weight is 688 g/mol. The van der Waals surface area contributed by atoms with E-state index in [1.807, 2.05) is 67.8 Å². The Balaban J connectivity index is 1.39. The van der Waals surface area contributed by atoms with Crippen molar-refractivity contribution in [3.05, 3.63) is 94.7 Å². The second kappa shape index (κ2) is 12.8. The maximum Gasteiger partial charge on any atom is 0.340 e. The lowest BCUT2D eigenvalue weighted by atomic mass is 9.81. The molecule has 2 atom stereocenters. The molecule has 1 fully saturated rings. The summed E-state index contributed by atoms with van der Waals surface area (Å²) in [4.78, 5) is 32.4. The Morgan fingerprint density at radius 2 is 1.88 bits per heavy atom. The van der Waals surface area contributed by atoms with E-state index in [1.165, 1.54) is 7.11 Å². The largest absolute Gasteiger partial charge is 0.465 e. The predicted octanol–water partition coefficient (Wildman–Crippen LogP) is 5.52. The van der Waals surface area contributed by atoms with Gasteiger partial charge in [0.2, 0.25) is 21.8 Å². The number of para-hydroxylation sites is 1. The van der Waals surface area contributed by atoms with E-state index in [2.05, 4.69) is 14.9 Å². The second-order valence-corrected chi connectivity index (χ2v) is 15.2. The smallest absolute Gasteiger partial charge is 0.340 e. The fraction of sp³-hybridized carbons (Fsp3) is 0.389. The molecular formula is C36H41N5O7S. The molecule has 49 heavy (non-hydrogen) atoms. The summed E-state index contributed by atoms with van der Waals surface area (Å²) in [6.45, 7) is 10.2. The van der Waals surface area contributed by atoms with Gasteiger partial charge in [0, 0.05) is 30.0 Å². The minimum absolute atomic E-state index is 0.0472. The third-order valence-electron chi connectivity index (χ3n) is 9.60. The van der Waals surface area contributed by atoms with Crippen molar-refractivity contribution in [2.45, 2.75) is 58.2 Å². The predicted molar refractivity (Wildman–Crippen MR) is 185 cm³/mol. The van der Waals surface area contributed by atoms with Gasteiger partial charge in [-0.05, 0) is 50.5 Å². The quantitative estimate of drug-likeness (QED) is 0.201. The van der Waals surface area contributed by atoms with Crippen molar-refractivity contribution in [1.29, 1.82) is 0 Å². The van der Waals surface area contributed by atoms with Crippen molar-refractivity contribution in [3.8, 4) is 6.01 Å². The average Bonchev–Trinajstić information content (AvgIpc) is 3.68. The van der Waals surface area contributed by atoms with Crippen LogP contribution in [0.2, 0.25) is 0 Å². The van der Waals surface area contributed by atoms with Crippen LogP contribution in [0.15, 0.2) is 71.3 Å². The highest BCUT2D eigenvalue weighted by atomic mass is 32.2. The molecule has 0 radical (unpaired) electrons. The molecule has 0 spiro atoms. The van der Waals surface area contributed by atoms with Gasteiger partial charge in [-0.15, -0.1) is 0 Å². The summed E-state index contributed by atoms with van der Waals surface area (Å²) in [6, 6.07) is 13.3. The monoisotopic (exact) mass is 687 g/mol. The van der Waals surface area contributed by atoms with E-state index in [9.17, 15) is 18.0 Å². The lowest BCUT2D eigenvalue weighted by molar-refractivity contribution is -0.134. The Morgan fingerprint density at radius 1 is 1.12 bits per heavy atom. The number of methoxy groups -OCH3 is 1. The molecule has 1 saturated heterocycles. The number of esters is 1. The molecule has 0 saturated carbocycles. The minimum atomic E-state index is -4.24. The highest BCUT2D eigenvalue weighted by molar-refractivity contribution is 7.94. The first kappa shape index (κ1) is 34.0. The molecule has 12 nitrogen and oxygen atoms in total. The standard InChI is InChI=1S/C36H41N5O7S/c1-7-47-34-37-29-13-10-11-27(32(42)46-6)30(29)41(34)21-25-14-16-26(17-15-25)28-12-8-9-18-36(28,22-40-20-19-35(4,5)33(40)43)49(44,45)39-31-23(2)24(3)38-48-31/h8-18,28,39H,7,19-22H2,1-6H3. The Morgan fingerprint density at radius 3 is 2.51 bits per heavy atom. The van der Waals surface area contributed by atoms with E-state index < -0.39 is 32.1 Å². The van der Waals surface area contributed by atoms with Crippen LogP contribution in [0.4, 0.5) is 5.88 Å². The lowest BCUT2D eigenvalue weighted by Crippen LogP contribution is -2.54. The van der Waals surface area contributed by atoms with Gasteiger partial charge in [-0.25, -0.2) is 17.9 Å². The first-order valence-corrected chi connectivity index (χ1v) is 17.7. The number of nitrogens with one attached hydrogen (secondary N) is 1. The molecule has 2 aliphatic rings. The fourth-order valence-electron chi connectivity index (χ4n) is 6.61. The zero-order valence-corrected chi connectivity index (χ0v) is 29.3.